The summed E-state index contributed by atoms with van der Waals surface area (Å²) in [6, 6.07) is 11.0. The molecule has 0 aliphatic carbocycles. The Morgan fingerprint density at radius 3 is 2.76 bits per heavy atom. The topological polar surface area (TPSA) is 75.8 Å². The van der Waals surface area contributed by atoms with E-state index in [1.807, 2.05) is 30.3 Å². The molecular weight excluding hydrogens is 272 g/mol. The molecule has 0 bridgehead atoms. The van der Waals surface area contributed by atoms with Gasteiger partial charge in [0.15, 0.2) is 11.5 Å². The number of hydrogen-bond donors (Lipinski definition) is 1. The first kappa shape index (κ1) is 15.2. The Kier molecular flexibility index (Phi) is 5.48. The molecule has 2 rings (SSSR count). The van der Waals surface area contributed by atoms with Gasteiger partial charge in [-0.3, -0.25) is 4.79 Å². The maximum absolute atomic E-state index is 12.3. The highest BCUT2D eigenvalue weighted by Gasteiger charge is 2.19. The third-order valence-corrected chi connectivity index (χ3v) is 3.01. The summed E-state index contributed by atoms with van der Waals surface area (Å²) in [5.41, 5.74) is 1.08. The minimum atomic E-state index is -0.285. The first-order valence-electron chi connectivity index (χ1n) is 6.67. The van der Waals surface area contributed by atoms with Crippen LogP contribution in [0.2, 0.25) is 0 Å². The van der Waals surface area contributed by atoms with Crippen LogP contribution in [0.1, 0.15) is 10.5 Å². The molecule has 0 fully saturated rings. The Morgan fingerprint density at radius 1 is 1.33 bits per heavy atom. The van der Waals surface area contributed by atoms with Gasteiger partial charge in [0.2, 0.25) is 0 Å². The highest BCUT2D eigenvalue weighted by molar-refractivity contribution is 5.93. The second kappa shape index (κ2) is 7.56. The Hall–Kier alpha value is -2.18. The number of rotatable bonds is 7. The molecule has 0 radical (unpaired) electrons. The summed E-state index contributed by atoms with van der Waals surface area (Å²) >= 11 is 0. The van der Waals surface area contributed by atoms with Gasteiger partial charge in [-0.1, -0.05) is 35.5 Å². The third kappa shape index (κ3) is 3.90. The van der Waals surface area contributed by atoms with Crippen molar-refractivity contribution in [1.82, 2.24) is 10.1 Å². The molecule has 0 unspecified atom stereocenters. The van der Waals surface area contributed by atoms with Gasteiger partial charge in [0.25, 0.3) is 5.91 Å². The van der Waals surface area contributed by atoms with E-state index in [9.17, 15) is 4.79 Å². The second-order valence-corrected chi connectivity index (χ2v) is 4.45. The number of ether oxygens (including phenoxy) is 1. The molecule has 0 atom stereocenters. The number of carbonyl (C=O) groups is 1. The molecule has 1 amide bonds. The first-order chi connectivity index (χ1) is 10.3. The Balaban J connectivity index is 2.13. The van der Waals surface area contributed by atoms with E-state index in [0.29, 0.717) is 18.9 Å². The van der Waals surface area contributed by atoms with E-state index < -0.39 is 0 Å². The summed E-state index contributed by atoms with van der Waals surface area (Å²) in [5.74, 6) is 0.252. The van der Waals surface area contributed by atoms with Gasteiger partial charge in [0.1, 0.15) is 0 Å². The zero-order valence-electron chi connectivity index (χ0n) is 11.9. The highest BCUT2D eigenvalue weighted by Crippen LogP contribution is 2.20. The largest absolute Gasteiger partial charge is 0.395 e. The fourth-order valence-corrected chi connectivity index (χ4v) is 1.91. The lowest BCUT2D eigenvalue weighted by Gasteiger charge is -2.19. The monoisotopic (exact) mass is 290 g/mol. The quantitative estimate of drug-likeness (QED) is 0.834. The van der Waals surface area contributed by atoms with Gasteiger partial charge in [-0.15, -0.1) is 0 Å². The van der Waals surface area contributed by atoms with Crippen molar-refractivity contribution >= 4 is 5.91 Å². The van der Waals surface area contributed by atoms with Crippen molar-refractivity contribution < 1.29 is 19.2 Å². The van der Waals surface area contributed by atoms with Crippen molar-refractivity contribution in [2.75, 3.05) is 33.4 Å². The minimum Gasteiger partial charge on any atom is -0.395 e. The lowest BCUT2D eigenvalue weighted by atomic mass is 10.1. The van der Waals surface area contributed by atoms with Gasteiger partial charge in [-0.25, -0.2) is 0 Å². The van der Waals surface area contributed by atoms with Crippen LogP contribution in [0.5, 0.6) is 0 Å². The van der Waals surface area contributed by atoms with Crippen molar-refractivity contribution in [3.8, 4) is 11.3 Å². The molecule has 0 saturated carbocycles. The van der Waals surface area contributed by atoms with Crippen molar-refractivity contribution in [1.29, 1.82) is 0 Å². The Morgan fingerprint density at radius 2 is 2.10 bits per heavy atom. The number of aliphatic hydroxyl groups is 1. The summed E-state index contributed by atoms with van der Waals surface area (Å²) < 4.78 is 10.2. The zero-order chi connectivity index (χ0) is 15.1. The number of benzene rings is 1. The van der Waals surface area contributed by atoms with Gasteiger partial charge in [-0.2, -0.15) is 0 Å². The Bertz CT molecular complexity index is 568. The number of aliphatic hydroxyl groups excluding tert-OH is 1. The fraction of sp³-hybridized carbons (Fsp3) is 0.333. The molecule has 1 N–H and O–H groups in total. The molecule has 1 aromatic carbocycles. The van der Waals surface area contributed by atoms with Crippen LogP contribution >= 0.6 is 0 Å². The van der Waals surface area contributed by atoms with E-state index in [4.69, 9.17) is 14.4 Å². The second-order valence-electron chi connectivity index (χ2n) is 4.45. The summed E-state index contributed by atoms with van der Waals surface area (Å²) in [5, 5.41) is 12.9. The lowest BCUT2D eigenvalue weighted by Crippen LogP contribution is -2.36. The zero-order valence-corrected chi connectivity index (χ0v) is 11.9. The standard InChI is InChI=1S/C15H18N2O4/c1-20-10-8-17(7-9-18)15(19)13-11-14(21-16-13)12-5-3-2-4-6-12/h2-6,11,18H,7-10H2,1H3. The number of methoxy groups -OCH3 is 1. The molecule has 1 aromatic heterocycles. The molecule has 2 aromatic rings. The van der Waals surface area contributed by atoms with Gasteiger partial charge in [0.05, 0.1) is 13.2 Å². The van der Waals surface area contributed by atoms with Crippen LogP contribution in [0.15, 0.2) is 40.9 Å². The van der Waals surface area contributed by atoms with Crippen LogP contribution in [-0.4, -0.2) is 54.5 Å². The molecule has 112 valence electrons. The van der Waals surface area contributed by atoms with Gasteiger partial charge in [-0.05, 0) is 0 Å². The van der Waals surface area contributed by atoms with Crippen LogP contribution in [0, 0.1) is 0 Å². The average molecular weight is 290 g/mol. The van der Waals surface area contributed by atoms with Gasteiger partial charge >= 0.3 is 0 Å². The summed E-state index contributed by atoms with van der Waals surface area (Å²) in [4.78, 5) is 13.8. The molecular formula is C15H18N2O4. The molecule has 21 heavy (non-hydrogen) atoms. The molecule has 0 aliphatic heterocycles. The van der Waals surface area contributed by atoms with E-state index in [1.165, 1.54) is 4.90 Å². The van der Waals surface area contributed by atoms with E-state index in [-0.39, 0.29) is 24.8 Å². The molecule has 6 nitrogen and oxygen atoms in total. The SMILES string of the molecule is COCCN(CCO)C(=O)c1cc(-c2ccccc2)on1. The van der Waals surface area contributed by atoms with Crippen molar-refractivity contribution in [2.24, 2.45) is 0 Å². The van der Waals surface area contributed by atoms with Crippen LogP contribution in [0.3, 0.4) is 0 Å². The smallest absolute Gasteiger partial charge is 0.276 e. The number of aromatic nitrogens is 1. The van der Waals surface area contributed by atoms with E-state index in [0.717, 1.165) is 5.56 Å². The molecule has 0 spiro atoms. The lowest BCUT2D eigenvalue weighted by molar-refractivity contribution is 0.0646. The number of hydrogen-bond acceptors (Lipinski definition) is 5. The minimum absolute atomic E-state index is 0.112. The molecule has 6 heteroatoms. The Labute approximate surface area is 122 Å². The maximum atomic E-state index is 12.3. The van der Waals surface area contributed by atoms with Crippen LogP contribution in [-0.2, 0) is 4.74 Å². The average Bonchev–Trinajstić information content (AvgIpc) is 3.01. The predicted molar refractivity (Wildman–Crippen MR) is 76.8 cm³/mol. The predicted octanol–water partition coefficient (Wildman–Crippen LogP) is 1.42. The number of nitrogens with zero attached hydrogens (tertiary/aromatic N) is 2. The van der Waals surface area contributed by atoms with Crippen molar-refractivity contribution in [3.63, 3.8) is 0 Å². The van der Waals surface area contributed by atoms with E-state index in [1.54, 1.807) is 13.2 Å². The molecule has 0 saturated heterocycles. The van der Waals surface area contributed by atoms with Crippen LogP contribution < -0.4 is 0 Å². The first-order valence-corrected chi connectivity index (χ1v) is 6.67. The van der Waals surface area contributed by atoms with E-state index >= 15 is 0 Å². The normalized spacial score (nSPS) is 10.6. The number of amides is 1. The van der Waals surface area contributed by atoms with Crippen molar-refractivity contribution in [2.45, 2.75) is 0 Å². The van der Waals surface area contributed by atoms with Gasteiger partial charge in [0, 0.05) is 31.8 Å². The fourth-order valence-electron chi connectivity index (χ4n) is 1.91. The highest BCUT2D eigenvalue weighted by atomic mass is 16.5. The maximum Gasteiger partial charge on any atom is 0.276 e. The van der Waals surface area contributed by atoms with Gasteiger partial charge < -0.3 is 19.3 Å². The summed E-state index contributed by atoms with van der Waals surface area (Å²) in [6.07, 6.45) is 0. The molecule has 1 heterocycles. The molecule has 0 aliphatic rings. The van der Waals surface area contributed by atoms with E-state index in [2.05, 4.69) is 5.16 Å². The summed E-state index contributed by atoms with van der Waals surface area (Å²) in [6.45, 7) is 0.910. The third-order valence-electron chi connectivity index (χ3n) is 3.01. The van der Waals surface area contributed by atoms with Crippen molar-refractivity contribution in [3.05, 3.63) is 42.1 Å². The number of carbonyl (C=O) groups excluding carboxylic acids is 1. The van der Waals surface area contributed by atoms with Crippen LogP contribution in [0.25, 0.3) is 11.3 Å². The van der Waals surface area contributed by atoms with Crippen LogP contribution in [0.4, 0.5) is 0 Å². The summed E-state index contributed by atoms with van der Waals surface area (Å²) in [7, 11) is 1.56.